The van der Waals surface area contributed by atoms with Crippen molar-refractivity contribution in [2.24, 2.45) is 0 Å². The topological polar surface area (TPSA) is 75.6 Å². The summed E-state index contributed by atoms with van der Waals surface area (Å²) in [6.07, 6.45) is 0. The Morgan fingerprint density at radius 2 is 1.77 bits per heavy atom. The molecular formula is C16H14ClNO4. The molecule has 114 valence electrons. The van der Waals surface area contributed by atoms with Gasteiger partial charge in [-0.3, -0.25) is 4.79 Å². The number of halogens is 1. The third-order valence-corrected chi connectivity index (χ3v) is 3.37. The number of carboxylic acids is 1. The van der Waals surface area contributed by atoms with Gasteiger partial charge >= 0.3 is 5.97 Å². The lowest BCUT2D eigenvalue weighted by molar-refractivity contribution is 0.0696. The first-order chi connectivity index (χ1) is 10.4. The van der Waals surface area contributed by atoms with Gasteiger partial charge in [0, 0.05) is 11.3 Å². The monoisotopic (exact) mass is 319 g/mol. The average Bonchev–Trinajstić information content (AvgIpc) is 2.47. The molecule has 6 heteroatoms. The van der Waals surface area contributed by atoms with Crippen molar-refractivity contribution in [3.8, 4) is 5.75 Å². The quantitative estimate of drug-likeness (QED) is 0.902. The van der Waals surface area contributed by atoms with Crippen molar-refractivity contribution in [2.45, 2.75) is 6.92 Å². The van der Waals surface area contributed by atoms with Gasteiger partial charge in [-0.05, 0) is 48.9 Å². The molecule has 0 aliphatic heterocycles. The van der Waals surface area contributed by atoms with E-state index in [-0.39, 0.29) is 11.5 Å². The number of methoxy groups -OCH3 is 1. The van der Waals surface area contributed by atoms with Crippen molar-refractivity contribution in [3.05, 3.63) is 58.1 Å². The lowest BCUT2D eigenvalue weighted by Crippen LogP contribution is -2.12. The fraction of sp³-hybridized carbons (Fsp3) is 0.125. The summed E-state index contributed by atoms with van der Waals surface area (Å²) in [6, 6.07) is 9.09. The van der Waals surface area contributed by atoms with Crippen LogP contribution in [0.2, 0.25) is 5.02 Å². The van der Waals surface area contributed by atoms with Gasteiger partial charge < -0.3 is 15.2 Å². The van der Waals surface area contributed by atoms with Gasteiger partial charge in [0.25, 0.3) is 5.91 Å². The second-order valence-electron chi connectivity index (χ2n) is 4.64. The molecule has 0 bridgehead atoms. The average molecular weight is 320 g/mol. The van der Waals surface area contributed by atoms with Crippen LogP contribution in [0.25, 0.3) is 0 Å². The second-order valence-corrected chi connectivity index (χ2v) is 5.05. The van der Waals surface area contributed by atoms with Crippen LogP contribution in [-0.2, 0) is 0 Å². The minimum absolute atomic E-state index is 0.154. The Labute approximate surface area is 132 Å². The molecule has 0 aliphatic rings. The van der Waals surface area contributed by atoms with Crippen molar-refractivity contribution in [1.82, 2.24) is 0 Å². The van der Waals surface area contributed by atoms with E-state index < -0.39 is 5.97 Å². The lowest BCUT2D eigenvalue weighted by Gasteiger charge is -2.10. The number of amides is 1. The first-order valence-corrected chi connectivity index (χ1v) is 6.79. The van der Waals surface area contributed by atoms with E-state index in [1.165, 1.54) is 37.4 Å². The molecular weight excluding hydrogens is 306 g/mol. The Hall–Kier alpha value is -2.53. The van der Waals surface area contributed by atoms with Crippen LogP contribution in [0.3, 0.4) is 0 Å². The predicted molar refractivity (Wildman–Crippen MR) is 84.1 cm³/mol. The molecule has 0 saturated heterocycles. The molecule has 5 nitrogen and oxygen atoms in total. The molecule has 2 aromatic carbocycles. The summed E-state index contributed by atoms with van der Waals surface area (Å²) in [5.41, 5.74) is 1.80. The van der Waals surface area contributed by atoms with Crippen LogP contribution in [0, 0.1) is 6.92 Å². The van der Waals surface area contributed by atoms with Gasteiger partial charge in [-0.1, -0.05) is 11.6 Å². The van der Waals surface area contributed by atoms with Crippen molar-refractivity contribution in [1.29, 1.82) is 0 Å². The van der Waals surface area contributed by atoms with Crippen molar-refractivity contribution in [3.63, 3.8) is 0 Å². The number of nitrogens with one attached hydrogen (secondary N) is 1. The van der Waals surface area contributed by atoms with Gasteiger partial charge in [0.05, 0.1) is 17.7 Å². The number of carbonyl (C=O) groups excluding carboxylic acids is 1. The number of ether oxygens (including phenoxy) is 1. The van der Waals surface area contributed by atoms with Gasteiger partial charge in [-0.25, -0.2) is 4.79 Å². The van der Waals surface area contributed by atoms with Crippen molar-refractivity contribution in [2.75, 3.05) is 12.4 Å². The largest absolute Gasteiger partial charge is 0.495 e. The highest BCUT2D eigenvalue weighted by atomic mass is 35.5. The van der Waals surface area contributed by atoms with Crippen LogP contribution in [0.1, 0.15) is 26.3 Å². The maximum absolute atomic E-state index is 12.2. The molecule has 0 aromatic heterocycles. The highest BCUT2D eigenvalue weighted by molar-refractivity contribution is 6.32. The van der Waals surface area contributed by atoms with E-state index in [1.54, 1.807) is 13.0 Å². The van der Waals surface area contributed by atoms with E-state index in [1.807, 2.05) is 0 Å². The van der Waals surface area contributed by atoms with E-state index in [4.69, 9.17) is 21.4 Å². The van der Waals surface area contributed by atoms with Gasteiger partial charge in [-0.2, -0.15) is 0 Å². The Morgan fingerprint density at radius 1 is 1.14 bits per heavy atom. The molecule has 2 N–H and O–H groups in total. The van der Waals surface area contributed by atoms with Crippen LogP contribution in [0.15, 0.2) is 36.4 Å². The number of benzene rings is 2. The summed E-state index contributed by atoms with van der Waals surface area (Å²) in [4.78, 5) is 23.0. The van der Waals surface area contributed by atoms with Crippen LogP contribution < -0.4 is 10.1 Å². The summed E-state index contributed by atoms with van der Waals surface area (Å²) in [5.74, 6) is -0.824. The Bertz CT molecular complexity index is 702. The van der Waals surface area contributed by atoms with Gasteiger partial charge in [0.2, 0.25) is 0 Å². The number of hydrogen-bond acceptors (Lipinski definition) is 3. The summed E-state index contributed by atoms with van der Waals surface area (Å²) < 4.78 is 5.15. The van der Waals surface area contributed by atoms with E-state index in [0.717, 1.165) is 5.56 Å². The molecule has 0 aliphatic carbocycles. The number of aromatic carboxylic acids is 1. The molecule has 0 heterocycles. The molecule has 0 radical (unpaired) electrons. The molecule has 2 aromatic rings. The first kappa shape index (κ1) is 15.9. The number of carboxylic acid groups (broad SMARTS) is 1. The highest BCUT2D eigenvalue weighted by Crippen LogP contribution is 2.29. The molecule has 22 heavy (non-hydrogen) atoms. The van der Waals surface area contributed by atoms with Crippen LogP contribution >= 0.6 is 11.6 Å². The molecule has 0 fully saturated rings. The fourth-order valence-corrected chi connectivity index (χ4v) is 2.36. The predicted octanol–water partition coefficient (Wildman–Crippen LogP) is 3.61. The zero-order valence-electron chi connectivity index (χ0n) is 12.0. The Kier molecular flexibility index (Phi) is 4.68. The Balaban J connectivity index is 2.20. The summed E-state index contributed by atoms with van der Waals surface area (Å²) in [5, 5.41) is 11.9. The molecule has 0 atom stereocenters. The molecule has 0 saturated carbocycles. The third-order valence-electron chi connectivity index (χ3n) is 3.09. The van der Waals surface area contributed by atoms with Crippen LogP contribution in [0.4, 0.5) is 5.69 Å². The summed E-state index contributed by atoms with van der Waals surface area (Å²) >= 11 is 6.07. The van der Waals surface area contributed by atoms with Gasteiger partial charge in [0.15, 0.2) is 0 Å². The van der Waals surface area contributed by atoms with Crippen molar-refractivity contribution >= 4 is 29.2 Å². The minimum Gasteiger partial charge on any atom is -0.495 e. The number of aryl methyl sites for hydroxylation is 1. The lowest BCUT2D eigenvalue weighted by atomic mass is 10.1. The van der Waals surface area contributed by atoms with E-state index in [2.05, 4.69) is 5.32 Å². The number of carbonyl (C=O) groups is 2. The maximum atomic E-state index is 12.2. The molecule has 1 amide bonds. The standard InChI is InChI=1S/C16H14ClNO4/c1-9-7-11(8-13(17)14(9)22-2)15(19)18-12-5-3-10(4-6-12)16(20)21/h3-8H,1-2H3,(H,18,19)(H,20,21). The SMILES string of the molecule is COc1c(C)cc(C(=O)Nc2ccc(C(=O)O)cc2)cc1Cl. The van der Waals surface area contributed by atoms with Crippen LogP contribution in [0.5, 0.6) is 5.75 Å². The van der Waals surface area contributed by atoms with E-state index in [0.29, 0.717) is 22.0 Å². The van der Waals surface area contributed by atoms with Crippen LogP contribution in [-0.4, -0.2) is 24.1 Å². The Morgan fingerprint density at radius 3 is 2.27 bits per heavy atom. The zero-order chi connectivity index (χ0) is 16.3. The fourth-order valence-electron chi connectivity index (χ4n) is 2.02. The zero-order valence-corrected chi connectivity index (χ0v) is 12.8. The van der Waals surface area contributed by atoms with E-state index in [9.17, 15) is 9.59 Å². The molecule has 2 rings (SSSR count). The summed E-state index contributed by atoms with van der Waals surface area (Å²) in [6.45, 7) is 1.79. The maximum Gasteiger partial charge on any atom is 0.335 e. The van der Waals surface area contributed by atoms with Gasteiger partial charge in [0.1, 0.15) is 5.75 Å². The smallest absolute Gasteiger partial charge is 0.335 e. The minimum atomic E-state index is -1.02. The van der Waals surface area contributed by atoms with Crippen molar-refractivity contribution < 1.29 is 19.4 Å². The number of hydrogen-bond donors (Lipinski definition) is 2. The van der Waals surface area contributed by atoms with E-state index >= 15 is 0 Å². The van der Waals surface area contributed by atoms with Gasteiger partial charge in [-0.15, -0.1) is 0 Å². The molecule has 0 spiro atoms. The molecule has 0 unspecified atom stereocenters. The number of anilines is 1. The summed E-state index contributed by atoms with van der Waals surface area (Å²) in [7, 11) is 1.51. The number of rotatable bonds is 4. The normalized spacial score (nSPS) is 10.1. The first-order valence-electron chi connectivity index (χ1n) is 6.41. The highest BCUT2D eigenvalue weighted by Gasteiger charge is 2.13. The second kappa shape index (κ2) is 6.49. The third kappa shape index (κ3) is 3.38.